The molecule has 0 spiro atoms. The standard InChI is InChI=1S/C36H38N4O5/c1-8-19-16(4)23-13-24-17(5)22(11-12-29(41)42)33(39-24)31-32(36(44)45-7)35(43)30-18(6)25(40-34(30)31)14-27-20(9-2)21(10-3)28(38-27)15-26(19)37-23/h8,13-15,17,22,32,39,43H,1,9-12H2,2-7H3,(H,41,42). The summed E-state index contributed by atoms with van der Waals surface area (Å²) in [4.78, 5) is 40.2. The first-order valence-electron chi connectivity index (χ1n) is 15.5. The normalized spacial score (nSPS) is 25.3. The van der Waals surface area contributed by atoms with Gasteiger partial charge in [-0.15, -0.1) is 0 Å². The van der Waals surface area contributed by atoms with Crippen LogP contribution in [0.4, 0.5) is 0 Å². The number of fused-ring (bicyclic) bond motifs is 5. The van der Waals surface area contributed by atoms with Gasteiger partial charge in [0.25, 0.3) is 0 Å². The van der Waals surface area contributed by atoms with Gasteiger partial charge >= 0.3 is 11.9 Å². The number of carbonyl (C=O) groups is 2. The molecule has 6 aliphatic rings. The zero-order valence-corrected chi connectivity index (χ0v) is 26.5. The second kappa shape index (κ2) is 11.3. The minimum atomic E-state index is -1.09. The minimum absolute atomic E-state index is 0.0591. The fourth-order valence-electron chi connectivity index (χ4n) is 7.32. The summed E-state index contributed by atoms with van der Waals surface area (Å²) in [5, 5.41) is 24.8. The summed E-state index contributed by atoms with van der Waals surface area (Å²) in [7, 11) is 1.29. The first-order valence-corrected chi connectivity index (χ1v) is 15.5. The second-order valence-corrected chi connectivity index (χ2v) is 12.0. The maximum Gasteiger partial charge on any atom is 0.321 e. The number of allylic oxidation sites excluding steroid dienone is 11. The number of nitrogens with one attached hydrogen (secondary N) is 1. The van der Waals surface area contributed by atoms with E-state index < -0.39 is 17.9 Å². The lowest BCUT2D eigenvalue weighted by atomic mass is 9.84. The molecule has 3 N–H and O–H groups in total. The zero-order chi connectivity index (χ0) is 32.3. The first-order chi connectivity index (χ1) is 21.5. The predicted octanol–water partition coefficient (Wildman–Crippen LogP) is 6.50. The zero-order valence-electron chi connectivity index (χ0n) is 26.5. The summed E-state index contributed by atoms with van der Waals surface area (Å²) in [5.41, 5.74) is 11.8. The number of hydrogen-bond acceptors (Lipinski definition) is 8. The van der Waals surface area contributed by atoms with Crippen LogP contribution in [0.15, 0.2) is 119 Å². The van der Waals surface area contributed by atoms with E-state index in [2.05, 4.69) is 25.7 Å². The van der Waals surface area contributed by atoms with E-state index in [0.29, 0.717) is 34.7 Å². The molecule has 0 aromatic heterocycles. The van der Waals surface area contributed by atoms with Crippen molar-refractivity contribution in [3.05, 3.63) is 104 Å². The second-order valence-electron chi connectivity index (χ2n) is 12.0. The Hall–Kier alpha value is -4.79. The summed E-state index contributed by atoms with van der Waals surface area (Å²) in [5.74, 6) is -3.14. The van der Waals surface area contributed by atoms with Crippen LogP contribution in [0.1, 0.15) is 60.3 Å². The van der Waals surface area contributed by atoms with Gasteiger partial charge in [-0.05, 0) is 73.6 Å². The lowest BCUT2D eigenvalue weighted by Gasteiger charge is -2.20. The molecule has 3 atom stereocenters. The number of ether oxygens (including phenoxy) is 1. The topological polar surface area (TPSA) is 133 Å². The van der Waals surface area contributed by atoms with Crippen LogP contribution in [0.2, 0.25) is 0 Å². The third-order valence-corrected chi connectivity index (χ3v) is 9.72. The summed E-state index contributed by atoms with van der Waals surface area (Å²) < 4.78 is 5.18. The van der Waals surface area contributed by atoms with E-state index in [1.54, 1.807) is 0 Å². The number of methoxy groups -OCH3 is 1. The smallest absolute Gasteiger partial charge is 0.321 e. The Morgan fingerprint density at radius 2 is 1.73 bits per heavy atom. The van der Waals surface area contributed by atoms with Gasteiger partial charge in [-0.2, -0.15) is 0 Å². The molecule has 1 aliphatic carbocycles. The molecule has 45 heavy (non-hydrogen) atoms. The largest absolute Gasteiger partial charge is 0.510 e. The van der Waals surface area contributed by atoms with E-state index in [0.717, 1.165) is 69.2 Å². The molecular formula is C36H38N4O5. The fourth-order valence-corrected chi connectivity index (χ4v) is 7.32. The summed E-state index contributed by atoms with van der Waals surface area (Å²) in [6.45, 7) is 14.2. The van der Waals surface area contributed by atoms with E-state index in [9.17, 15) is 19.8 Å². The monoisotopic (exact) mass is 606 g/mol. The summed E-state index contributed by atoms with van der Waals surface area (Å²) >= 11 is 0. The lowest BCUT2D eigenvalue weighted by molar-refractivity contribution is -0.143. The van der Waals surface area contributed by atoms with Crippen LogP contribution in [0.5, 0.6) is 0 Å². The van der Waals surface area contributed by atoms with E-state index in [-0.39, 0.29) is 24.0 Å². The van der Waals surface area contributed by atoms with Crippen molar-refractivity contribution in [2.75, 3.05) is 7.11 Å². The van der Waals surface area contributed by atoms with Crippen LogP contribution in [0, 0.1) is 17.8 Å². The number of carboxylic acid groups (broad SMARTS) is 1. The number of rotatable bonds is 7. The van der Waals surface area contributed by atoms with Crippen molar-refractivity contribution >= 4 is 29.1 Å². The highest BCUT2D eigenvalue weighted by Crippen LogP contribution is 2.49. The number of nitrogens with zero attached hydrogens (tertiary/aromatic N) is 3. The molecule has 5 heterocycles. The van der Waals surface area contributed by atoms with Crippen molar-refractivity contribution in [3.63, 3.8) is 0 Å². The number of carboxylic acids is 1. The van der Waals surface area contributed by atoms with Gasteiger partial charge in [-0.3, -0.25) is 9.59 Å². The third kappa shape index (κ3) is 4.64. The van der Waals surface area contributed by atoms with Gasteiger partial charge in [0.1, 0.15) is 11.7 Å². The van der Waals surface area contributed by atoms with Crippen LogP contribution in [-0.2, 0) is 14.3 Å². The molecule has 0 saturated carbocycles. The molecule has 9 heteroatoms. The average Bonchev–Trinajstić information content (AvgIpc) is 3.76. The number of hydrogen-bond donors (Lipinski definition) is 3. The van der Waals surface area contributed by atoms with Gasteiger partial charge in [0.2, 0.25) is 0 Å². The van der Waals surface area contributed by atoms with Crippen LogP contribution >= 0.6 is 0 Å². The molecular weight excluding hydrogens is 568 g/mol. The minimum Gasteiger partial charge on any atom is -0.510 e. The maximum absolute atomic E-state index is 13.3. The van der Waals surface area contributed by atoms with Crippen LogP contribution in [0.3, 0.4) is 0 Å². The molecule has 0 aromatic carbocycles. The fraction of sp³-hybridized carbons (Fsp3) is 0.361. The van der Waals surface area contributed by atoms with Crippen molar-refractivity contribution in [1.82, 2.24) is 5.32 Å². The van der Waals surface area contributed by atoms with Crippen molar-refractivity contribution in [2.24, 2.45) is 32.7 Å². The Balaban J connectivity index is 1.68. The Bertz CT molecular complexity index is 1830. The number of aliphatic hydroxyl groups excluding tert-OH is 1. The molecule has 5 aliphatic heterocycles. The number of aliphatic carboxylic acids is 1. The Labute approximate surface area is 263 Å². The lowest BCUT2D eigenvalue weighted by Crippen LogP contribution is -2.25. The van der Waals surface area contributed by atoms with Crippen LogP contribution in [-0.4, -0.2) is 46.4 Å². The van der Waals surface area contributed by atoms with Crippen molar-refractivity contribution in [1.29, 1.82) is 0 Å². The number of esters is 1. The SMILES string of the molecule is C=CC1=C(C)C2=NC1=CC1=NC(=CC3=C(C)C4=C(O)C(C(=O)OC)C(=C5NC(=C2)C(C)C5CCC(=O)O)C4=N3)C(CC)=C1CC. The Kier molecular flexibility index (Phi) is 7.59. The van der Waals surface area contributed by atoms with Gasteiger partial charge in [0.15, 0.2) is 0 Å². The highest BCUT2D eigenvalue weighted by Gasteiger charge is 2.49. The van der Waals surface area contributed by atoms with E-state index in [1.807, 2.05) is 45.1 Å². The molecule has 0 amide bonds. The van der Waals surface area contributed by atoms with E-state index in [1.165, 1.54) is 7.11 Å². The van der Waals surface area contributed by atoms with Gasteiger partial charge in [-0.1, -0.05) is 33.4 Å². The molecule has 1 saturated heterocycles. The van der Waals surface area contributed by atoms with Gasteiger partial charge < -0.3 is 20.3 Å². The molecule has 3 unspecified atom stereocenters. The van der Waals surface area contributed by atoms with Crippen molar-refractivity contribution in [3.8, 4) is 0 Å². The molecule has 1 fully saturated rings. The highest BCUT2D eigenvalue weighted by atomic mass is 16.5. The van der Waals surface area contributed by atoms with Gasteiger partial charge in [0.05, 0.1) is 41.3 Å². The highest BCUT2D eigenvalue weighted by molar-refractivity contribution is 6.24. The van der Waals surface area contributed by atoms with E-state index >= 15 is 0 Å². The van der Waals surface area contributed by atoms with Gasteiger partial charge in [-0.25, -0.2) is 15.0 Å². The summed E-state index contributed by atoms with van der Waals surface area (Å²) in [6.07, 6.45) is 9.64. The number of carbonyl (C=O) groups excluding carboxylic acids is 1. The van der Waals surface area contributed by atoms with Crippen LogP contribution in [0.25, 0.3) is 0 Å². The molecule has 8 bridgehead atoms. The molecule has 232 valence electrons. The first kappa shape index (κ1) is 30.2. The van der Waals surface area contributed by atoms with Gasteiger partial charge in [0, 0.05) is 46.4 Å². The predicted molar refractivity (Wildman–Crippen MR) is 175 cm³/mol. The number of aliphatic imine (C=N–C) groups is 3. The van der Waals surface area contributed by atoms with E-state index in [4.69, 9.17) is 19.7 Å². The average molecular weight is 607 g/mol. The van der Waals surface area contributed by atoms with Crippen molar-refractivity contribution < 1.29 is 24.5 Å². The van der Waals surface area contributed by atoms with Crippen molar-refractivity contribution in [2.45, 2.75) is 60.3 Å². The summed E-state index contributed by atoms with van der Waals surface area (Å²) in [6, 6.07) is 0. The maximum atomic E-state index is 13.3. The third-order valence-electron chi connectivity index (χ3n) is 9.72. The Morgan fingerprint density at radius 3 is 2.38 bits per heavy atom. The quantitative estimate of drug-likeness (QED) is 0.284. The molecule has 9 nitrogen and oxygen atoms in total. The van der Waals surface area contributed by atoms with Crippen LogP contribution < -0.4 is 5.32 Å². The molecule has 0 radical (unpaired) electrons. The molecule has 0 aromatic rings. The number of aliphatic hydroxyl groups is 1. The Morgan fingerprint density at radius 1 is 1.02 bits per heavy atom. The molecule has 6 rings (SSSR count).